The topological polar surface area (TPSA) is 87.2 Å². The molecule has 0 aromatic heterocycles. The molecule has 32 heavy (non-hydrogen) atoms. The first kappa shape index (κ1) is 22.9. The predicted octanol–water partition coefficient (Wildman–Crippen LogP) is 1.85. The molecular formula is C24H30N2O5S. The number of benzene rings is 1. The van der Waals surface area contributed by atoms with E-state index in [1.165, 1.54) is 4.90 Å². The van der Waals surface area contributed by atoms with Crippen molar-refractivity contribution in [2.45, 2.75) is 42.3 Å². The third-order valence-corrected chi connectivity index (χ3v) is 8.76. The number of aliphatic hydroxyl groups is 1. The largest absolute Gasteiger partial charge is 0.466 e. The number of aliphatic hydroxyl groups excluding tert-OH is 1. The lowest BCUT2D eigenvalue weighted by atomic mass is 9.71. The van der Waals surface area contributed by atoms with Gasteiger partial charge in [0.05, 0.1) is 29.8 Å². The van der Waals surface area contributed by atoms with E-state index in [4.69, 9.17) is 4.74 Å². The van der Waals surface area contributed by atoms with Gasteiger partial charge in [-0.2, -0.15) is 0 Å². The van der Waals surface area contributed by atoms with Gasteiger partial charge in [-0.25, -0.2) is 0 Å². The predicted molar refractivity (Wildman–Crippen MR) is 122 cm³/mol. The number of hydrogen-bond acceptors (Lipinski definition) is 6. The standard InChI is InChI=1S/C24H30N2O5S/c1-3-12-25(15-16-8-6-5-7-9-16)22(29)20-24-11-10-17(32-24)18(23(30)31-4-2)19(24)21(28)26(20)13-14-27/h3,5-9,17-20,27H,1,4,10-15H2,2H3/t17-,18+,19-,20?,24?/m0/s1. The molecule has 4 rings (SSSR count). The molecule has 0 saturated carbocycles. The quantitative estimate of drug-likeness (QED) is 0.449. The van der Waals surface area contributed by atoms with E-state index in [1.807, 2.05) is 30.3 Å². The van der Waals surface area contributed by atoms with Crippen LogP contribution in [0.2, 0.25) is 0 Å². The van der Waals surface area contributed by atoms with Crippen LogP contribution in [-0.2, 0) is 25.7 Å². The van der Waals surface area contributed by atoms with Crippen molar-refractivity contribution in [1.82, 2.24) is 9.80 Å². The van der Waals surface area contributed by atoms with Crippen molar-refractivity contribution in [2.24, 2.45) is 11.8 Å². The normalized spacial score (nSPS) is 30.3. The Bertz CT molecular complexity index is 894. The highest BCUT2D eigenvalue weighted by atomic mass is 32.2. The molecule has 2 unspecified atom stereocenters. The Morgan fingerprint density at radius 1 is 1.38 bits per heavy atom. The molecule has 0 aliphatic carbocycles. The highest BCUT2D eigenvalue weighted by Crippen LogP contribution is 2.66. The molecule has 2 amide bonds. The molecule has 1 aromatic carbocycles. The van der Waals surface area contributed by atoms with Crippen molar-refractivity contribution in [1.29, 1.82) is 0 Å². The Kier molecular flexibility index (Phi) is 6.62. The Labute approximate surface area is 192 Å². The van der Waals surface area contributed by atoms with Gasteiger partial charge in [-0.1, -0.05) is 36.4 Å². The maximum atomic E-state index is 14.0. The fourth-order valence-electron chi connectivity index (χ4n) is 5.65. The number of carbonyl (C=O) groups excluding carboxylic acids is 3. The van der Waals surface area contributed by atoms with Crippen LogP contribution in [0.1, 0.15) is 25.3 Å². The number of likely N-dealkylation sites (tertiary alicyclic amines) is 1. The number of rotatable bonds is 9. The summed E-state index contributed by atoms with van der Waals surface area (Å²) in [6.45, 7) is 6.40. The number of esters is 1. The molecule has 172 valence electrons. The summed E-state index contributed by atoms with van der Waals surface area (Å²) in [5.74, 6) is -1.86. The molecule has 3 saturated heterocycles. The zero-order chi connectivity index (χ0) is 22.9. The van der Waals surface area contributed by atoms with E-state index >= 15 is 0 Å². The van der Waals surface area contributed by atoms with Gasteiger partial charge in [-0.3, -0.25) is 14.4 Å². The molecule has 1 aromatic rings. The van der Waals surface area contributed by atoms with Crippen molar-refractivity contribution in [3.8, 4) is 0 Å². The highest BCUT2D eigenvalue weighted by molar-refractivity contribution is 8.02. The lowest BCUT2D eigenvalue weighted by Gasteiger charge is -2.37. The van der Waals surface area contributed by atoms with Crippen LogP contribution >= 0.6 is 11.8 Å². The summed E-state index contributed by atoms with van der Waals surface area (Å²) < 4.78 is 4.64. The van der Waals surface area contributed by atoms with E-state index in [9.17, 15) is 19.5 Å². The van der Waals surface area contributed by atoms with Crippen LogP contribution in [0.25, 0.3) is 0 Å². The molecule has 8 heteroatoms. The summed E-state index contributed by atoms with van der Waals surface area (Å²) in [7, 11) is 0. The van der Waals surface area contributed by atoms with Crippen LogP contribution in [0.15, 0.2) is 43.0 Å². The van der Waals surface area contributed by atoms with E-state index in [0.717, 1.165) is 12.0 Å². The summed E-state index contributed by atoms with van der Waals surface area (Å²) >= 11 is 1.61. The van der Waals surface area contributed by atoms with Crippen molar-refractivity contribution in [2.75, 3.05) is 26.3 Å². The Morgan fingerprint density at radius 3 is 2.78 bits per heavy atom. The molecule has 1 N–H and O–H groups in total. The average molecular weight is 459 g/mol. The molecule has 0 radical (unpaired) electrons. The second kappa shape index (κ2) is 9.27. The Morgan fingerprint density at radius 2 is 2.12 bits per heavy atom. The minimum Gasteiger partial charge on any atom is -0.466 e. The van der Waals surface area contributed by atoms with E-state index in [-0.39, 0.29) is 42.8 Å². The number of ether oxygens (including phenoxy) is 1. The van der Waals surface area contributed by atoms with Gasteiger partial charge in [0, 0.05) is 24.9 Å². The fourth-order valence-corrected chi connectivity index (χ4v) is 7.85. The molecule has 7 nitrogen and oxygen atoms in total. The minimum atomic E-state index is -0.717. The molecule has 5 atom stereocenters. The van der Waals surface area contributed by atoms with Crippen LogP contribution in [0, 0.1) is 11.8 Å². The monoisotopic (exact) mass is 458 g/mol. The summed E-state index contributed by atoms with van der Waals surface area (Å²) in [4.78, 5) is 43.5. The molecular weight excluding hydrogens is 428 g/mol. The van der Waals surface area contributed by atoms with Crippen LogP contribution in [0.3, 0.4) is 0 Å². The van der Waals surface area contributed by atoms with E-state index in [1.54, 1.807) is 29.7 Å². The lowest BCUT2D eigenvalue weighted by Crippen LogP contribution is -2.54. The van der Waals surface area contributed by atoms with Gasteiger partial charge in [0.2, 0.25) is 11.8 Å². The lowest BCUT2D eigenvalue weighted by molar-refractivity contribution is -0.153. The smallest absolute Gasteiger partial charge is 0.310 e. The average Bonchev–Trinajstić information content (AvgIpc) is 3.42. The van der Waals surface area contributed by atoms with Gasteiger partial charge in [-0.05, 0) is 25.3 Å². The minimum absolute atomic E-state index is 0.0171. The van der Waals surface area contributed by atoms with Gasteiger partial charge in [-0.15, -0.1) is 18.3 Å². The zero-order valence-electron chi connectivity index (χ0n) is 18.3. The summed E-state index contributed by atoms with van der Waals surface area (Å²) in [6.07, 6.45) is 3.15. The molecule has 1 spiro atoms. The summed E-state index contributed by atoms with van der Waals surface area (Å²) in [6, 6.07) is 8.98. The van der Waals surface area contributed by atoms with Gasteiger partial charge < -0.3 is 19.6 Å². The highest BCUT2D eigenvalue weighted by Gasteiger charge is 2.74. The number of hydrogen-bond donors (Lipinski definition) is 1. The maximum absolute atomic E-state index is 14.0. The second-order valence-electron chi connectivity index (χ2n) is 8.56. The van der Waals surface area contributed by atoms with Crippen LogP contribution in [0.5, 0.6) is 0 Å². The molecule has 3 heterocycles. The van der Waals surface area contributed by atoms with E-state index in [2.05, 4.69) is 6.58 Å². The summed E-state index contributed by atoms with van der Waals surface area (Å²) in [5, 5.41) is 9.66. The van der Waals surface area contributed by atoms with Gasteiger partial charge in [0.1, 0.15) is 6.04 Å². The Balaban J connectivity index is 1.69. The number of nitrogens with zero attached hydrogens (tertiary/aromatic N) is 2. The molecule has 3 fully saturated rings. The number of carbonyl (C=O) groups is 3. The number of thioether (sulfide) groups is 1. The second-order valence-corrected chi connectivity index (χ2v) is 10.2. The van der Waals surface area contributed by atoms with Crippen molar-refractivity contribution < 1.29 is 24.2 Å². The first-order valence-electron chi connectivity index (χ1n) is 11.2. The van der Waals surface area contributed by atoms with Crippen LogP contribution in [-0.4, -0.2) is 75.0 Å². The molecule has 3 aliphatic heterocycles. The van der Waals surface area contributed by atoms with Crippen molar-refractivity contribution in [3.05, 3.63) is 48.6 Å². The van der Waals surface area contributed by atoms with Crippen LogP contribution in [0.4, 0.5) is 0 Å². The number of β-amino-alcohol motifs (C(OH)–C–C–N with tert-alkyl or cyclic N) is 1. The SMILES string of the molecule is C=CCN(Cc1ccccc1)C(=O)C1N(CCO)C(=O)[C@@H]2[C@H](C(=O)OCC)[C@@H]3CCC12S3. The van der Waals surface area contributed by atoms with E-state index < -0.39 is 22.6 Å². The number of fused-ring (bicyclic) bond motifs is 1. The van der Waals surface area contributed by atoms with Gasteiger partial charge in [0.25, 0.3) is 0 Å². The van der Waals surface area contributed by atoms with Gasteiger partial charge >= 0.3 is 5.97 Å². The van der Waals surface area contributed by atoms with Crippen LogP contribution < -0.4 is 0 Å². The third kappa shape index (κ3) is 3.63. The first-order valence-corrected chi connectivity index (χ1v) is 12.1. The Hall–Kier alpha value is -2.32. The van der Waals surface area contributed by atoms with Gasteiger partial charge in [0.15, 0.2) is 0 Å². The van der Waals surface area contributed by atoms with Crippen molar-refractivity contribution >= 4 is 29.5 Å². The molecule has 3 aliphatic rings. The van der Waals surface area contributed by atoms with E-state index in [0.29, 0.717) is 19.5 Å². The third-order valence-electron chi connectivity index (χ3n) is 6.81. The molecule has 2 bridgehead atoms. The zero-order valence-corrected chi connectivity index (χ0v) is 19.1. The fraction of sp³-hybridized carbons (Fsp3) is 0.542. The number of amides is 2. The maximum Gasteiger partial charge on any atom is 0.310 e. The summed E-state index contributed by atoms with van der Waals surface area (Å²) in [5.41, 5.74) is 0.988. The first-order chi connectivity index (χ1) is 15.5. The van der Waals surface area contributed by atoms with Crippen molar-refractivity contribution in [3.63, 3.8) is 0 Å².